The Morgan fingerprint density at radius 3 is 2.68 bits per heavy atom. The van der Waals surface area contributed by atoms with Gasteiger partial charge in [-0.3, -0.25) is 0 Å². The van der Waals surface area contributed by atoms with Gasteiger partial charge in [0.2, 0.25) is 0 Å². The first-order valence-corrected chi connectivity index (χ1v) is 5.93. The maximum Gasteiger partial charge on any atom is 0.335 e. The van der Waals surface area contributed by atoms with Crippen molar-refractivity contribution >= 4 is 5.97 Å². The Morgan fingerprint density at radius 1 is 1.37 bits per heavy atom. The molecule has 0 saturated heterocycles. The summed E-state index contributed by atoms with van der Waals surface area (Å²) in [5, 5.41) is 8.68. The summed E-state index contributed by atoms with van der Waals surface area (Å²) in [6.07, 6.45) is -0.340. The molecule has 0 aliphatic carbocycles. The highest BCUT2D eigenvalue weighted by Crippen LogP contribution is 2.18. The zero-order valence-electron chi connectivity index (χ0n) is 10.9. The maximum absolute atomic E-state index is 13.5. The molecule has 0 saturated carbocycles. The normalized spacial score (nSPS) is 12.2. The van der Waals surface area contributed by atoms with Gasteiger partial charge in [0.15, 0.2) is 17.9 Å². The second kappa shape index (κ2) is 7.70. The molecule has 1 N–H and O–H groups in total. The highest BCUT2D eigenvalue weighted by atomic mass is 19.1. The minimum Gasteiger partial charge on any atom is -0.488 e. The molecular weight excluding hydrogens is 255 g/mol. The van der Waals surface area contributed by atoms with Crippen molar-refractivity contribution in [3.63, 3.8) is 0 Å². The van der Waals surface area contributed by atoms with Crippen molar-refractivity contribution in [2.45, 2.75) is 20.1 Å². The van der Waals surface area contributed by atoms with E-state index in [9.17, 15) is 9.18 Å². The Balaban J connectivity index is 2.39. The van der Waals surface area contributed by atoms with Crippen molar-refractivity contribution in [1.29, 1.82) is 0 Å². The molecule has 0 aromatic heterocycles. The quantitative estimate of drug-likeness (QED) is 0.581. The van der Waals surface area contributed by atoms with E-state index >= 15 is 0 Å². The highest BCUT2D eigenvalue weighted by molar-refractivity contribution is 5.87. The van der Waals surface area contributed by atoms with E-state index in [1.54, 1.807) is 6.92 Å². The van der Waals surface area contributed by atoms with Crippen LogP contribution in [0.2, 0.25) is 0 Å². The summed E-state index contributed by atoms with van der Waals surface area (Å²) in [5.74, 6) is -1.89. The fourth-order valence-corrected chi connectivity index (χ4v) is 1.40. The van der Waals surface area contributed by atoms with E-state index in [4.69, 9.17) is 19.3 Å². The van der Waals surface area contributed by atoms with Gasteiger partial charge >= 0.3 is 5.97 Å². The van der Waals surface area contributed by atoms with Crippen LogP contribution in [0.4, 0.5) is 4.39 Å². The fraction of sp³-hybridized carbons (Fsp3) is 0.462. The third kappa shape index (κ3) is 5.23. The lowest BCUT2D eigenvalue weighted by Crippen LogP contribution is -2.17. The number of ether oxygens (including phenoxy) is 3. The molecule has 1 aromatic carbocycles. The molecule has 0 spiro atoms. The predicted octanol–water partition coefficient (Wildman–Crippen LogP) is 2.30. The van der Waals surface area contributed by atoms with Gasteiger partial charge in [0.25, 0.3) is 0 Å². The van der Waals surface area contributed by atoms with E-state index in [0.29, 0.717) is 6.61 Å². The molecule has 1 rings (SSSR count). The van der Waals surface area contributed by atoms with Crippen LogP contribution in [0.1, 0.15) is 24.2 Å². The molecule has 6 heteroatoms. The van der Waals surface area contributed by atoms with Crippen molar-refractivity contribution in [3.05, 3.63) is 29.6 Å². The Hall–Kier alpha value is -1.66. The maximum atomic E-state index is 13.5. The summed E-state index contributed by atoms with van der Waals surface area (Å²) < 4.78 is 29.0. The zero-order valence-corrected chi connectivity index (χ0v) is 10.9. The zero-order chi connectivity index (χ0) is 14.3. The Morgan fingerprint density at radius 2 is 2.11 bits per heavy atom. The molecule has 106 valence electrons. The first-order chi connectivity index (χ1) is 9.04. The number of carboxylic acids is 1. The average Bonchev–Trinajstić information content (AvgIpc) is 2.36. The number of hydrogen-bond donors (Lipinski definition) is 1. The Bertz CT molecular complexity index is 421. The van der Waals surface area contributed by atoms with Gasteiger partial charge in [0.1, 0.15) is 6.61 Å². The van der Waals surface area contributed by atoms with Gasteiger partial charge in [-0.05, 0) is 32.0 Å². The topological polar surface area (TPSA) is 65.0 Å². The van der Waals surface area contributed by atoms with E-state index in [1.165, 1.54) is 12.1 Å². The lowest BCUT2D eigenvalue weighted by molar-refractivity contribution is -0.131. The summed E-state index contributed by atoms with van der Waals surface area (Å²) in [7, 11) is 0. The van der Waals surface area contributed by atoms with Crippen LogP contribution >= 0.6 is 0 Å². The van der Waals surface area contributed by atoms with E-state index in [0.717, 1.165) is 6.07 Å². The monoisotopic (exact) mass is 272 g/mol. The number of halogens is 1. The van der Waals surface area contributed by atoms with E-state index < -0.39 is 11.8 Å². The lowest BCUT2D eigenvalue weighted by atomic mass is 10.2. The second-order valence-corrected chi connectivity index (χ2v) is 3.69. The molecule has 0 aliphatic heterocycles. The third-order valence-corrected chi connectivity index (χ3v) is 2.27. The molecule has 0 heterocycles. The summed E-state index contributed by atoms with van der Waals surface area (Å²) >= 11 is 0. The van der Waals surface area contributed by atoms with Crippen LogP contribution in [0.25, 0.3) is 0 Å². The summed E-state index contributed by atoms with van der Waals surface area (Å²) in [6.45, 7) is 4.57. The number of hydrogen-bond acceptors (Lipinski definition) is 4. The van der Waals surface area contributed by atoms with Gasteiger partial charge in [-0.1, -0.05) is 0 Å². The molecule has 1 atom stereocenters. The van der Waals surface area contributed by atoms with Crippen LogP contribution in [0.5, 0.6) is 5.75 Å². The Labute approximate surface area is 110 Å². The minimum absolute atomic E-state index is 0.00216. The van der Waals surface area contributed by atoms with Crippen LogP contribution < -0.4 is 4.74 Å². The van der Waals surface area contributed by atoms with Gasteiger partial charge in [-0.2, -0.15) is 0 Å². The molecule has 5 nitrogen and oxygen atoms in total. The van der Waals surface area contributed by atoms with E-state index in [1.807, 2.05) is 6.92 Å². The third-order valence-electron chi connectivity index (χ3n) is 2.27. The number of aromatic carboxylic acids is 1. The Kier molecular flexibility index (Phi) is 6.24. The number of carbonyl (C=O) groups is 1. The van der Waals surface area contributed by atoms with Crippen LogP contribution in [-0.4, -0.2) is 37.2 Å². The smallest absolute Gasteiger partial charge is 0.335 e. The van der Waals surface area contributed by atoms with Crippen LogP contribution in [0.3, 0.4) is 0 Å². The highest BCUT2D eigenvalue weighted by Gasteiger charge is 2.09. The van der Waals surface area contributed by atoms with Crippen molar-refractivity contribution in [3.8, 4) is 5.75 Å². The molecule has 0 amide bonds. The van der Waals surface area contributed by atoms with Gasteiger partial charge < -0.3 is 19.3 Å². The molecule has 19 heavy (non-hydrogen) atoms. The largest absolute Gasteiger partial charge is 0.488 e. The SMILES string of the molecule is CCOC(C)OCCOc1ccc(C(=O)O)cc1F. The standard InChI is InChI=1S/C13H17FO5/c1-3-17-9(2)18-6-7-19-12-5-4-10(13(15)16)8-11(12)14/h4-5,8-9H,3,6-7H2,1-2H3,(H,15,16). The van der Waals surface area contributed by atoms with Crippen molar-refractivity contribution in [1.82, 2.24) is 0 Å². The van der Waals surface area contributed by atoms with Gasteiger partial charge in [-0.25, -0.2) is 9.18 Å². The molecule has 0 radical (unpaired) electrons. The summed E-state index contributed by atoms with van der Waals surface area (Å²) in [5.41, 5.74) is -0.119. The summed E-state index contributed by atoms with van der Waals surface area (Å²) in [4.78, 5) is 10.6. The molecular formula is C13H17FO5. The first-order valence-electron chi connectivity index (χ1n) is 5.93. The van der Waals surface area contributed by atoms with Gasteiger partial charge in [0.05, 0.1) is 12.2 Å². The molecule has 1 unspecified atom stereocenters. The van der Waals surface area contributed by atoms with Crippen molar-refractivity contribution in [2.24, 2.45) is 0 Å². The molecule has 0 fully saturated rings. The number of carboxylic acid groups (broad SMARTS) is 1. The molecule has 0 aliphatic rings. The second-order valence-electron chi connectivity index (χ2n) is 3.69. The average molecular weight is 272 g/mol. The van der Waals surface area contributed by atoms with Crippen LogP contribution in [0.15, 0.2) is 18.2 Å². The van der Waals surface area contributed by atoms with Crippen molar-refractivity contribution < 1.29 is 28.5 Å². The van der Waals surface area contributed by atoms with Gasteiger partial charge in [0, 0.05) is 6.61 Å². The van der Waals surface area contributed by atoms with Gasteiger partial charge in [-0.15, -0.1) is 0 Å². The van der Waals surface area contributed by atoms with E-state index in [-0.39, 0.29) is 30.8 Å². The van der Waals surface area contributed by atoms with E-state index in [2.05, 4.69) is 0 Å². The molecule has 0 bridgehead atoms. The number of benzene rings is 1. The fourth-order valence-electron chi connectivity index (χ4n) is 1.40. The van der Waals surface area contributed by atoms with Crippen LogP contribution in [0, 0.1) is 5.82 Å². The minimum atomic E-state index is -1.18. The van der Waals surface area contributed by atoms with Crippen molar-refractivity contribution in [2.75, 3.05) is 19.8 Å². The molecule has 1 aromatic rings. The lowest BCUT2D eigenvalue weighted by Gasteiger charge is -2.13. The summed E-state index contributed by atoms with van der Waals surface area (Å²) in [6, 6.07) is 3.48. The first kappa shape index (κ1) is 15.4. The predicted molar refractivity (Wildman–Crippen MR) is 65.9 cm³/mol. The number of rotatable bonds is 8. The van der Waals surface area contributed by atoms with Crippen LogP contribution in [-0.2, 0) is 9.47 Å².